The van der Waals surface area contributed by atoms with Crippen LogP contribution < -0.4 is 15.5 Å². The van der Waals surface area contributed by atoms with Crippen LogP contribution in [-0.2, 0) is 19.0 Å². The van der Waals surface area contributed by atoms with E-state index in [-0.39, 0.29) is 6.04 Å². The van der Waals surface area contributed by atoms with Gasteiger partial charge in [-0.1, -0.05) is 18.2 Å². The summed E-state index contributed by atoms with van der Waals surface area (Å²) in [5, 5.41) is 7.94. The van der Waals surface area contributed by atoms with Crippen molar-refractivity contribution in [2.24, 2.45) is 4.99 Å². The molecule has 3 rings (SSSR count). The number of rotatable bonds is 6. The van der Waals surface area contributed by atoms with Gasteiger partial charge in [-0.25, -0.2) is 4.98 Å². The Balaban J connectivity index is 1.44. The fourth-order valence-electron chi connectivity index (χ4n) is 3.24. The van der Waals surface area contributed by atoms with E-state index in [1.165, 1.54) is 11.3 Å². The van der Waals surface area contributed by atoms with Crippen molar-refractivity contribution in [2.75, 3.05) is 31.6 Å². The van der Waals surface area contributed by atoms with Gasteiger partial charge >= 0.3 is 6.18 Å². The van der Waals surface area contributed by atoms with Crippen molar-refractivity contribution in [1.82, 2.24) is 15.6 Å². The number of nitrogens with zero attached hydrogens (tertiary/aromatic N) is 3. The smallest absolute Gasteiger partial charge is 0.366 e. The standard InChI is InChI=1S/C19H24F3N5S/c1-13(27-10-8-14-5-3-4-6-15(14)27)11-25-18(23-2)24-9-7-17-26-16(12-28-17)19(20,21)22/h3-6,12-13H,7-11H2,1-2H3,(H2,23,24,25). The molecule has 2 N–H and O–H groups in total. The van der Waals surface area contributed by atoms with Gasteiger partial charge in [0.1, 0.15) is 0 Å². The van der Waals surface area contributed by atoms with Crippen molar-refractivity contribution < 1.29 is 13.2 Å². The van der Waals surface area contributed by atoms with Gasteiger partial charge in [-0.15, -0.1) is 11.3 Å². The van der Waals surface area contributed by atoms with E-state index in [0.717, 1.165) is 29.7 Å². The van der Waals surface area contributed by atoms with Crippen LogP contribution in [-0.4, -0.2) is 43.7 Å². The first-order valence-corrected chi connectivity index (χ1v) is 10.1. The number of hydrogen-bond acceptors (Lipinski definition) is 4. The van der Waals surface area contributed by atoms with Crippen LogP contribution in [0, 0.1) is 0 Å². The largest absolute Gasteiger partial charge is 0.434 e. The third kappa shape index (κ3) is 4.95. The second kappa shape index (κ2) is 8.81. The molecular weight excluding hydrogens is 387 g/mol. The molecule has 1 aromatic heterocycles. The maximum atomic E-state index is 12.6. The summed E-state index contributed by atoms with van der Waals surface area (Å²) >= 11 is 1.03. The molecule has 0 saturated carbocycles. The molecular formula is C19H24F3N5S. The van der Waals surface area contributed by atoms with Crippen molar-refractivity contribution in [1.29, 1.82) is 0 Å². The zero-order valence-corrected chi connectivity index (χ0v) is 16.7. The van der Waals surface area contributed by atoms with Gasteiger partial charge in [0.2, 0.25) is 0 Å². The number of alkyl halides is 3. The summed E-state index contributed by atoms with van der Waals surface area (Å²) in [5.41, 5.74) is 1.83. The third-order valence-electron chi connectivity index (χ3n) is 4.72. The maximum absolute atomic E-state index is 12.6. The first-order valence-electron chi connectivity index (χ1n) is 9.19. The summed E-state index contributed by atoms with van der Waals surface area (Å²) in [6.07, 6.45) is -2.91. The summed E-state index contributed by atoms with van der Waals surface area (Å²) in [4.78, 5) is 10.2. The van der Waals surface area contributed by atoms with E-state index in [4.69, 9.17) is 0 Å². The second-order valence-corrected chi connectivity index (χ2v) is 7.62. The Labute approximate surface area is 166 Å². The number of para-hydroxylation sites is 1. The maximum Gasteiger partial charge on any atom is 0.434 e. The zero-order chi connectivity index (χ0) is 20.1. The average Bonchev–Trinajstić information content (AvgIpc) is 3.31. The van der Waals surface area contributed by atoms with Crippen LogP contribution in [0.1, 0.15) is 23.2 Å². The van der Waals surface area contributed by atoms with E-state index in [2.05, 4.69) is 56.7 Å². The Hall–Kier alpha value is -2.29. The Morgan fingerprint density at radius 3 is 2.82 bits per heavy atom. The Morgan fingerprint density at radius 2 is 2.11 bits per heavy atom. The van der Waals surface area contributed by atoms with Gasteiger partial charge in [0.05, 0.1) is 5.01 Å². The van der Waals surface area contributed by atoms with E-state index >= 15 is 0 Å². The number of aliphatic imine (C=N–C) groups is 1. The summed E-state index contributed by atoms with van der Waals surface area (Å²) in [6.45, 7) is 4.34. The highest BCUT2D eigenvalue weighted by atomic mass is 32.1. The highest BCUT2D eigenvalue weighted by Crippen LogP contribution is 2.30. The van der Waals surface area contributed by atoms with E-state index in [9.17, 15) is 13.2 Å². The molecule has 1 aromatic carbocycles. The number of thiazole rings is 1. The van der Waals surface area contributed by atoms with Crippen molar-refractivity contribution in [3.63, 3.8) is 0 Å². The molecule has 152 valence electrons. The van der Waals surface area contributed by atoms with E-state index < -0.39 is 11.9 Å². The Kier molecular flexibility index (Phi) is 6.43. The number of nitrogens with one attached hydrogen (secondary N) is 2. The molecule has 0 amide bonds. The molecule has 0 aliphatic carbocycles. The third-order valence-corrected chi connectivity index (χ3v) is 5.63. The molecule has 28 heavy (non-hydrogen) atoms. The SMILES string of the molecule is CN=C(NCCc1nc(C(F)(F)F)cs1)NCC(C)N1CCc2ccccc21. The fraction of sp³-hybridized carbons (Fsp3) is 0.474. The minimum Gasteiger partial charge on any atom is -0.366 e. The molecule has 1 atom stereocenters. The Morgan fingerprint density at radius 1 is 1.32 bits per heavy atom. The zero-order valence-electron chi connectivity index (χ0n) is 15.9. The number of anilines is 1. The van der Waals surface area contributed by atoms with Crippen LogP contribution >= 0.6 is 11.3 Å². The van der Waals surface area contributed by atoms with Crippen LogP contribution in [0.15, 0.2) is 34.6 Å². The molecule has 0 fully saturated rings. The van der Waals surface area contributed by atoms with Gasteiger partial charge in [0.15, 0.2) is 11.7 Å². The highest BCUT2D eigenvalue weighted by Gasteiger charge is 2.33. The number of hydrogen-bond donors (Lipinski definition) is 2. The summed E-state index contributed by atoms with van der Waals surface area (Å²) < 4.78 is 37.8. The average molecular weight is 411 g/mol. The molecule has 0 spiro atoms. The molecule has 0 bridgehead atoms. The molecule has 2 heterocycles. The second-order valence-electron chi connectivity index (χ2n) is 6.68. The number of benzene rings is 1. The lowest BCUT2D eigenvalue weighted by Gasteiger charge is -2.28. The summed E-state index contributed by atoms with van der Waals surface area (Å²) in [5.74, 6) is 0.631. The number of aromatic nitrogens is 1. The van der Waals surface area contributed by atoms with Crippen molar-refractivity contribution in [3.05, 3.63) is 45.9 Å². The van der Waals surface area contributed by atoms with Gasteiger partial charge in [-0.05, 0) is 25.0 Å². The number of fused-ring (bicyclic) bond motifs is 1. The summed E-state index contributed by atoms with van der Waals surface area (Å²) in [6, 6.07) is 8.72. The van der Waals surface area contributed by atoms with Gasteiger partial charge < -0.3 is 15.5 Å². The number of halogens is 3. The van der Waals surface area contributed by atoms with E-state index in [0.29, 0.717) is 30.5 Å². The van der Waals surface area contributed by atoms with Gasteiger partial charge in [-0.2, -0.15) is 13.2 Å². The van der Waals surface area contributed by atoms with Crippen molar-refractivity contribution >= 4 is 23.0 Å². The molecule has 0 saturated heterocycles. The summed E-state index contributed by atoms with van der Waals surface area (Å²) in [7, 11) is 1.68. The van der Waals surface area contributed by atoms with Gasteiger partial charge in [0, 0.05) is 50.2 Å². The van der Waals surface area contributed by atoms with Gasteiger partial charge in [0.25, 0.3) is 0 Å². The van der Waals surface area contributed by atoms with Crippen molar-refractivity contribution in [2.45, 2.75) is 32.0 Å². The normalized spacial score (nSPS) is 15.5. The lowest BCUT2D eigenvalue weighted by molar-refractivity contribution is -0.140. The molecule has 2 aromatic rings. The lowest BCUT2D eigenvalue weighted by atomic mass is 10.2. The molecule has 9 heteroatoms. The predicted octanol–water partition coefficient (Wildman–Crippen LogP) is 3.32. The van der Waals surface area contributed by atoms with Crippen LogP contribution in [0.2, 0.25) is 0 Å². The van der Waals surface area contributed by atoms with Crippen molar-refractivity contribution in [3.8, 4) is 0 Å². The molecule has 1 aliphatic rings. The quantitative estimate of drug-likeness (QED) is 0.566. The first kappa shape index (κ1) is 20.4. The van der Waals surface area contributed by atoms with Crippen LogP contribution in [0.3, 0.4) is 0 Å². The topological polar surface area (TPSA) is 52.6 Å². The predicted molar refractivity (Wildman–Crippen MR) is 107 cm³/mol. The van der Waals surface area contributed by atoms with E-state index in [1.807, 2.05) is 0 Å². The first-order chi connectivity index (χ1) is 13.4. The van der Waals surface area contributed by atoms with E-state index in [1.54, 1.807) is 7.05 Å². The molecule has 5 nitrogen and oxygen atoms in total. The fourth-order valence-corrected chi connectivity index (χ4v) is 4.05. The molecule has 1 unspecified atom stereocenters. The highest BCUT2D eigenvalue weighted by molar-refractivity contribution is 7.09. The number of guanidine groups is 1. The monoisotopic (exact) mass is 411 g/mol. The molecule has 0 radical (unpaired) electrons. The van der Waals surface area contributed by atoms with Gasteiger partial charge in [-0.3, -0.25) is 4.99 Å². The minimum absolute atomic E-state index is 0.288. The van der Waals surface area contributed by atoms with Crippen LogP contribution in [0.5, 0.6) is 0 Å². The minimum atomic E-state index is -4.38. The lowest BCUT2D eigenvalue weighted by Crippen LogP contribution is -2.46. The Bertz CT molecular complexity index is 818. The molecule has 1 aliphatic heterocycles. The van der Waals surface area contributed by atoms with Crippen LogP contribution in [0.25, 0.3) is 0 Å². The van der Waals surface area contributed by atoms with Crippen LogP contribution in [0.4, 0.5) is 18.9 Å².